The third kappa shape index (κ3) is 5.08. The molecular weight excluding hydrogens is 322 g/mol. The third-order valence-corrected chi connectivity index (χ3v) is 5.31. The highest BCUT2D eigenvalue weighted by atomic mass is 16.2. The van der Waals surface area contributed by atoms with Gasteiger partial charge in [-0.15, -0.1) is 0 Å². The number of nitrogens with one attached hydrogen (secondary N) is 2. The molecule has 1 aromatic carbocycles. The Labute approximate surface area is 158 Å². The van der Waals surface area contributed by atoms with Crippen molar-refractivity contribution in [2.75, 3.05) is 6.54 Å². The normalized spacial score (nSPS) is 18.1. The molecule has 1 saturated carbocycles. The van der Waals surface area contributed by atoms with Gasteiger partial charge >= 0.3 is 0 Å². The lowest BCUT2D eigenvalue weighted by atomic mass is 9.85. The number of hydrogen-bond donors (Lipinski definition) is 2. The fourth-order valence-corrected chi connectivity index (χ4v) is 3.35. The molecule has 1 aliphatic rings. The number of hydrogen-bond acceptors (Lipinski definition) is 3. The number of carbonyl (C=O) groups is 1. The minimum atomic E-state index is -0.736. The minimum Gasteiger partial charge on any atom is -0.337 e. The van der Waals surface area contributed by atoms with Crippen LogP contribution in [0, 0.1) is 23.2 Å². The van der Waals surface area contributed by atoms with Crippen LogP contribution in [0.2, 0.25) is 0 Å². The molecule has 1 fully saturated rings. The van der Waals surface area contributed by atoms with Crippen molar-refractivity contribution in [2.45, 2.75) is 71.4 Å². The molecule has 1 aliphatic carbocycles. The number of rotatable bonds is 7. The molecule has 0 aromatic heterocycles. The maximum Gasteiger partial charge on any atom is 0.235 e. The number of nitrogens with zero attached hydrogens (tertiary/aromatic N) is 1. The molecular formula is C22H33N3O. The predicted octanol–water partition coefficient (Wildman–Crippen LogP) is 4.08. The molecule has 4 nitrogen and oxygen atoms in total. The summed E-state index contributed by atoms with van der Waals surface area (Å²) in [5.74, 6) is 0.536. The number of benzene rings is 1. The first-order valence-electron chi connectivity index (χ1n) is 9.63. The van der Waals surface area contributed by atoms with Crippen molar-refractivity contribution in [2.24, 2.45) is 11.8 Å². The van der Waals surface area contributed by atoms with Gasteiger partial charge in [0.1, 0.15) is 5.54 Å². The lowest BCUT2D eigenvalue weighted by Gasteiger charge is -2.26. The molecule has 26 heavy (non-hydrogen) atoms. The highest BCUT2D eigenvalue weighted by Gasteiger charge is 2.42. The van der Waals surface area contributed by atoms with Gasteiger partial charge in [-0.25, -0.2) is 0 Å². The molecule has 0 bridgehead atoms. The van der Waals surface area contributed by atoms with Crippen molar-refractivity contribution in [3.8, 4) is 6.07 Å². The summed E-state index contributed by atoms with van der Waals surface area (Å²) < 4.78 is 0. The summed E-state index contributed by atoms with van der Waals surface area (Å²) in [5, 5.41) is 15.7. The van der Waals surface area contributed by atoms with Gasteiger partial charge in [-0.05, 0) is 48.1 Å². The summed E-state index contributed by atoms with van der Waals surface area (Å²) in [7, 11) is 0. The molecule has 0 radical (unpaired) electrons. The topological polar surface area (TPSA) is 64.9 Å². The van der Waals surface area contributed by atoms with E-state index in [2.05, 4.69) is 75.6 Å². The molecule has 0 saturated heterocycles. The molecule has 1 aromatic rings. The first-order chi connectivity index (χ1) is 12.1. The summed E-state index contributed by atoms with van der Waals surface area (Å²) in [6, 6.07) is 11.0. The van der Waals surface area contributed by atoms with E-state index in [1.807, 2.05) is 6.92 Å². The van der Waals surface area contributed by atoms with Gasteiger partial charge in [0.2, 0.25) is 5.91 Å². The SMILES string of the molecule is CC(C)[C@H](NCC(=O)N[C@@](C)(C#N)C1CC1)c1ccc(C(C)(C)C)cc1. The van der Waals surface area contributed by atoms with E-state index in [1.165, 1.54) is 11.1 Å². The highest BCUT2D eigenvalue weighted by Crippen LogP contribution is 2.39. The van der Waals surface area contributed by atoms with Gasteiger partial charge in [-0.2, -0.15) is 5.26 Å². The summed E-state index contributed by atoms with van der Waals surface area (Å²) in [6.07, 6.45) is 2.04. The minimum absolute atomic E-state index is 0.101. The predicted molar refractivity (Wildman–Crippen MR) is 106 cm³/mol. The van der Waals surface area contributed by atoms with Crippen LogP contribution in [0.25, 0.3) is 0 Å². The lowest BCUT2D eigenvalue weighted by Crippen LogP contribution is -2.50. The van der Waals surface area contributed by atoms with Gasteiger partial charge in [-0.3, -0.25) is 4.79 Å². The van der Waals surface area contributed by atoms with E-state index >= 15 is 0 Å². The van der Waals surface area contributed by atoms with Gasteiger partial charge in [0.25, 0.3) is 0 Å². The van der Waals surface area contributed by atoms with Crippen LogP contribution in [0.5, 0.6) is 0 Å². The van der Waals surface area contributed by atoms with E-state index < -0.39 is 5.54 Å². The molecule has 142 valence electrons. The Morgan fingerprint density at radius 3 is 2.19 bits per heavy atom. The Kier molecular flexibility index (Phi) is 6.13. The quantitative estimate of drug-likeness (QED) is 0.774. The van der Waals surface area contributed by atoms with Crippen molar-refractivity contribution < 1.29 is 4.79 Å². The van der Waals surface area contributed by atoms with E-state index in [0.717, 1.165) is 12.8 Å². The molecule has 0 spiro atoms. The zero-order chi connectivity index (χ0) is 19.5. The van der Waals surface area contributed by atoms with E-state index in [-0.39, 0.29) is 23.9 Å². The molecule has 4 heteroatoms. The van der Waals surface area contributed by atoms with Crippen LogP contribution in [0.1, 0.15) is 71.6 Å². The molecule has 2 rings (SSSR count). The second-order valence-electron chi connectivity index (χ2n) is 9.11. The monoisotopic (exact) mass is 355 g/mol. The molecule has 2 N–H and O–H groups in total. The summed E-state index contributed by atoms with van der Waals surface area (Å²) >= 11 is 0. The third-order valence-electron chi connectivity index (χ3n) is 5.31. The van der Waals surface area contributed by atoms with Gasteiger partial charge < -0.3 is 10.6 Å². The molecule has 0 unspecified atom stereocenters. The van der Waals surface area contributed by atoms with Crippen LogP contribution < -0.4 is 10.6 Å². The smallest absolute Gasteiger partial charge is 0.235 e. The van der Waals surface area contributed by atoms with Gasteiger partial charge in [0, 0.05) is 6.04 Å². The fourth-order valence-electron chi connectivity index (χ4n) is 3.35. The second-order valence-corrected chi connectivity index (χ2v) is 9.11. The van der Waals surface area contributed by atoms with Crippen LogP contribution in [-0.4, -0.2) is 18.0 Å². The summed E-state index contributed by atoms with van der Waals surface area (Å²) in [5.41, 5.74) is 1.88. The Balaban J connectivity index is 2.00. The average molecular weight is 356 g/mol. The first kappa shape index (κ1) is 20.5. The Bertz CT molecular complexity index is 662. The van der Waals surface area contributed by atoms with Crippen molar-refractivity contribution in [1.82, 2.24) is 10.6 Å². The molecule has 2 atom stereocenters. The maximum absolute atomic E-state index is 12.4. The van der Waals surface area contributed by atoms with Gasteiger partial charge in [0.05, 0.1) is 12.6 Å². The van der Waals surface area contributed by atoms with Gasteiger partial charge in [-0.1, -0.05) is 58.9 Å². The summed E-state index contributed by atoms with van der Waals surface area (Å²) in [4.78, 5) is 12.4. The maximum atomic E-state index is 12.4. The van der Waals surface area contributed by atoms with Crippen LogP contribution >= 0.6 is 0 Å². The van der Waals surface area contributed by atoms with Crippen molar-refractivity contribution in [1.29, 1.82) is 5.26 Å². The van der Waals surface area contributed by atoms with Crippen molar-refractivity contribution in [3.63, 3.8) is 0 Å². The van der Waals surface area contributed by atoms with Crippen LogP contribution in [0.3, 0.4) is 0 Å². The Morgan fingerprint density at radius 1 is 1.19 bits per heavy atom. The first-order valence-corrected chi connectivity index (χ1v) is 9.63. The van der Waals surface area contributed by atoms with E-state index in [0.29, 0.717) is 11.8 Å². The Hall–Kier alpha value is -1.86. The number of nitriles is 1. The zero-order valence-corrected chi connectivity index (χ0v) is 17.0. The van der Waals surface area contributed by atoms with Crippen LogP contribution in [0.15, 0.2) is 24.3 Å². The van der Waals surface area contributed by atoms with E-state index in [1.54, 1.807) is 0 Å². The van der Waals surface area contributed by atoms with Crippen LogP contribution in [-0.2, 0) is 10.2 Å². The number of amides is 1. The van der Waals surface area contributed by atoms with Crippen LogP contribution in [0.4, 0.5) is 0 Å². The number of carbonyl (C=O) groups excluding carboxylic acids is 1. The summed E-state index contributed by atoms with van der Waals surface area (Å²) in [6.45, 7) is 13.0. The molecule has 0 heterocycles. The largest absolute Gasteiger partial charge is 0.337 e. The second kappa shape index (κ2) is 7.80. The van der Waals surface area contributed by atoms with Crippen molar-refractivity contribution in [3.05, 3.63) is 35.4 Å². The lowest BCUT2D eigenvalue weighted by molar-refractivity contribution is -0.121. The highest BCUT2D eigenvalue weighted by molar-refractivity contribution is 5.79. The van der Waals surface area contributed by atoms with Crippen molar-refractivity contribution >= 4 is 5.91 Å². The molecule has 0 aliphatic heterocycles. The Morgan fingerprint density at radius 2 is 1.77 bits per heavy atom. The van der Waals surface area contributed by atoms with E-state index in [9.17, 15) is 10.1 Å². The molecule has 1 amide bonds. The fraction of sp³-hybridized carbons (Fsp3) is 0.636. The standard InChI is InChI=1S/C22H33N3O/c1-15(2)20(16-7-9-17(10-8-16)21(3,4)5)24-13-19(26)25-22(6,14-23)18-11-12-18/h7-10,15,18,20,24H,11-13H2,1-6H3,(H,25,26)/t20-,22-/m0/s1. The average Bonchev–Trinajstić information content (AvgIpc) is 3.39. The van der Waals surface area contributed by atoms with Gasteiger partial charge in [0.15, 0.2) is 0 Å². The van der Waals surface area contributed by atoms with E-state index in [4.69, 9.17) is 0 Å². The zero-order valence-electron chi connectivity index (χ0n) is 17.0.